The number of nitrogens with zero attached hydrogens (tertiary/aromatic N) is 1. The Morgan fingerprint density at radius 3 is 3.00 bits per heavy atom. The lowest BCUT2D eigenvalue weighted by molar-refractivity contribution is 0.764. The molecule has 1 rings (SSSR count). The molecule has 0 bridgehead atoms. The first kappa shape index (κ1) is 10.6. The SMILES string of the molecule is CC(CCCl)Nc1ncccc1Cl. The lowest BCUT2D eigenvalue weighted by Crippen LogP contribution is -2.16. The number of aromatic nitrogens is 1. The van der Waals surface area contributed by atoms with Crippen molar-refractivity contribution in [3.05, 3.63) is 23.4 Å². The van der Waals surface area contributed by atoms with E-state index in [2.05, 4.69) is 10.3 Å². The highest BCUT2D eigenvalue weighted by molar-refractivity contribution is 6.32. The summed E-state index contributed by atoms with van der Waals surface area (Å²) < 4.78 is 0. The first-order valence-corrected chi connectivity index (χ1v) is 5.08. The van der Waals surface area contributed by atoms with Crippen molar-refractivity contribution in [3.8, 4) is 0 Å². The van der Waals surface area contributed by atoms with Gasteiger partial charge < -0.3 is 5.32 Å². The summed E-state index contributed by atoms with van der Waals surface area (Å²) in [5, 5.41) is 3.83. The summed E-state index contributed by atoms with van der Waals surface area (Å²) in [4.78, 5) is 4.11. The molecule has 1 aromatic heterocycles. The highest BCUT2D eigenvalue weighted by Crippen LogP contribution is 2.18. The van der Waals surface area contributed by atoms with Crippen LogP contribution in [-0.2, 0) is 0 Å². The van der Waals surface area contributed by atoms with E-state index in [1.807, 2.05) is 13.0 Å². The molecule has 1 aromatic rings. The van der Waals surface area contributed by atoms with Gasteiger partial charge in [-0.2, -0.15) is 0 Å². The molecule has 0 aromatic carbocycles. The number of pyridine rings is 1. The molecule has 1 unspecified atom stereocenters. The van der Waals surface area contributed by atoms with E-state index in [1.165, 1.54) is 0 Å². The van der Waals surface area contributed by atoms with Gasteiger partial charge in [-0.3, -0.25) is 0 Å². The van der Waals surface area contributed by atoms with Crippen molar-refractivity contribution in [2.45, 2.75) is 19.4 Å². The first-order chi connectivity index (χ1) is 6.24. The van der Waals surface area contributed by atoms with E-state index >= 15 is 0 Å². The van der Waals surface area contributed by atoms with Crippen molar-refractivity contribution >= 4 is 29.0 Å². The van der Waals surface area contributed by atoms with Crippen LogP contribution < -0.4 is 5.32 Å². The third kappa shape index (κ3) is 3.41. The van der Waals surface area contributed by atoms with Crippen LogP contribution in [0.5, 0.6) is 0 Å². The maximum atomic E-state index is 5.91. The van der Waals surface area contributed by atoms with Crippen LogP contribution in [0.4, 0.5) is 5.82 Å². The van der Waals surface area contributed by atoms with Gasteiger partial charge in [0.25, 0.3) is 0 Å². The Morgan fingerprint density at radius 2 is 2.38 bits per heavy atom. The molecule has 0 saturated heterocycles. The number of halogens is 2. The van der Waals surface area contributed by atoms with Crippen LogP contribution >= 0.6 is 23.2 Å². The molecule has 0 saturated carbocycles. The zero-order valence-electron chi connectivity index (χ0n) is 7.43. The summed E-state index contributed by atoms with van der Waals surface area (Å²) in [6, 6.07) is 3.91. The average Bonchev–Trinajstić information content (AvgIpc) is 2.09. The summed E-state index contributed by atoms with van der Waals surface area (Å²) in [6.07, 6.45) is 2.61. The molecule has 0 aliphatic rings. The largest absolute Gasteiger partial charge is 0.366 e. The minimum absolute atomic E-state index is 0.296. The Bertz CT molecular complexity index is 266. The fourth-order valence-corrected chi connectivity index (χ4v) is 1.46. The second-order valence-corrected chi connectivity index (χ2v) is 3.64. The van der Waals surface area contributed by atoms with Crippen molar-refractivity contribution in [2.24, 2.45) is 0 Å². The lowest BCUT2D eigenvalue weighted by Gasteiger charge is -2.13. The van der Waals surface area contributed by atoms with Crippen LogP contribution in [0.15, 0.2) is 18.3 Å². The predicted molar refractivity (Wildman–Crippen MR) is 57.7 cm³/mol. The molecule has 0 aliphatic heterocycles. The van der Waals surface area contributed by atoms with Gasteiger partial charge >= 0.3 is 0 Å². The smallest absolute Gasteiger partial charge is 0.144 e. The molecule has 13 heavy (non-hydrogen) atoms. The summed E-state index contributed by atoms with van der Waals surface area (Å²) in [6.45, 7) is 2.05. The standard InChI is InChI=1S/C9H12Cl2N2/c1-7(4-5-10)13-9-8(11)3-2-6-12-9/h2-3,6-7H,4-5H2,1H3,(H,12,13). The van der Waals surface area contributed by atoms with E-state index in [0.717, 1.165) is 12.2 Å². The van der Waals surface area contributed by atoms with Gasteiger partial charge in [0.05, 0.1) is 5.02 Å². The Hall–Kier alpha value is -0.470. The predicted octanol–water partition coefficient (Wildman–Crippen LogP) is 3.16. The second kappa shape index (κ2) is 5.30. The number of hydrogen-bond acceptors (Lipinski definition) is 2. The minimum atomic E-state index is 0.296. The number of nitrogens with one attached hydrogen (secondary N) is 1. The molecule has 0 spiro atoms. The van der Waals surface area contributed by atoms with E-state index in [-0.39, 0.29) is 0 Å². The fraction of sp³-hybridized carbons (Fsp3) is 0.444. The van der Waals surface area contributed by atoms with Crippen molar-refractivity contribution in [3.63, 3.8) is 0 Å². The number of anilines is 1. The number of rotatable bonds is 4. The van der Waals surface area contributed by atoms with Gasteiger partial charge in [0.2, 0.25) is 0 Å². The van der Waals surface area contributed by atoms with Gasteiger partial charge in [0.15, 0.2) is 0 Å². The lowest BCUT2D eigenvalue weighted by atomic mass is 10.2. The summed E-state index contributed by atoms with van der Waals surface area (Å²) in [5.74, 6) is 1.36. The average molecular weight is 219 g/mol. The zero-order chi connectivity index (χ0) is 9.68. The van der Waals surface area contributed by atoms with Crippen molar-refractivity contribution in [2.75, 3.05) is 11.2 Å². The van der Waals surface area contributed by atoms with Gasteiger partial charge in [-0.05, 0) is 25.5 Å². The van der Waals surface area contributed by atoms with E-state index < -0.39 is 0 Å². The topological polar surface area (TPSA) is 24.9 Å². The summed E-state index contributed by atoms with van der Waals surface area (Å²) >= 11 is 11.5. The molecular formula is C9H12Cl2N2. The maximum Gasteiger partial charge on any atom is 0.144 e. The highest BCUT2D eigenvalue weighted by Gasteiger charge is 2.04. The molecule has 0 aliphatic carbocycles. The van der Waals surface area contributed by atoms with Crippen molar-refractivity contribution in [1.29, 1.82) is 0 Å². The van der Waals surface area contributed by atoms with Crippen molar-refractivity contribution in [1.82, 2.24) is 4.98 Å². The second-order valence-electron chi connectivity index (χ2n) is 2.86. The van der Waals surface area contributed by atoms with Crippen LogP contribution in [-0.4, -0.2) is 16.9 Å². The molecule has 0 fully saturated rings. The first-order valence-electron chi connectivity index (χ1n) is 4.17. The van der Waals surface area contributed by atoms with Gasteiger partial charge in [0, 0.05) is 18.1 Å². The van der Waals surface area contributed by atoms with E-state index in [1.54, 1.807) is 12.3 Å². The van der Waals surface area contributed by atoms with Gasteiger partial charge in [-0.25, -0.2) is 4.98 Å². The number of hydrogen-bond donors (Lipinski definition) is 1. The van der Waals surface area contributed by atoms with Crippen LogP contribution in [0.3, 0.4) is 0 Å². The summed E-state index contributed by atoms with van der Waals surface area (Å²) in [5.41, 5.74) is 0. The van der Waals surface area contributed by atoms with Gasteiger partial charge in [0.1, 0.15) is 5.82 Å². The molecule has 72 valence electrons. The zero-order valence-corrected chi connectivity index (χ0v) is 8.94. The molecule has 1 heterocycles. The quantitative estimate of drug-likeness (QED) is 0.786. The van der Waals surface area contributed by atoms with Crippen LogP contribution in [0.1, 0.15) is 13.3 Å². The van der Waals surface area contributed by atoms with Crippen LogP contribution in [0, 0.1) is 0 Å². The molecule has 0 radical (unpaired) electrons. The maximum absolute atomic E-state index is 5.91. The molecule has 1 N–H and O–H groups in total. The molecule has 1 atom stereocenters. The van der Waals surface area contributed by atoms with E-state index in [0.29, 0.717) is 16.9 Å². The normalized spacial score (nSPS) is 12.5. The third-order valence-electron chi connectivity index (χ3n) is 1.68. The Labute approximate surface area is 88.3 Å². The Morgan fingerprint density at radius 1 is 1.62 bits per heavy atom. The Kier molecular flexibility index (Phi) is 4.33. The van der Waals surface area contributed by atoms with Gasteiger partial charge in [-0.1, -0.05) is 11.6 Å². The monoisotopic (exact) mass is 218 g/mol. The van der Waals surface area contributed by atoms with E-state index in [4.69, 9.17) is 23.2 Å². The fourth-order valence-electron chi connectivity index (χ4n) is 0.961. The molecule has 0 amide bonds. The third-order valence-corrected chi connectivity index (χ3v) is 2.21. The minimum Gasteiger partial charge on any atom is -0.366 e. The highest BCUT2D eigenvalue weighted by atomic mass is 35.5. The number of alkyl halides is 1. The van der Waals surface area contributed by atoms with Crippen molar-refractivity contribution < 1.29 is 0 Å². The van der Waals surface area contributed by atoms with Crippen LogP contribution in [0.2, 0.25) is 5.02 Å². The molecule has 2 nitrogen and oxygen atoms in total. The summed E-state index contributed by atoms with van der Waals surface area (Å²) in [7, 11) is 0. The van der Waals surface area contributed by atoms with Crippen LogP contribution in [0.25, 0.3) is 0 Å². The molecule has 4 heteroatoms. The van der Waals surface area contributed by atoms with E-state index in [9.17, 15) is 0 Å². The van der Waals surface area contributed by atoms with Gasteiger partial charge in [-0.15, -0.1) is 11.6 Å². The molecular weight excluding hydrogens is 207 g/mol. The Balaban J connectivity index is 2.58.